The number of methoxy groups -OCH3 is 1. The number of nitrogens with one attached hydrogen (secondary N) is 2. The lowest BCUT2D eigenvalue weighted by atomic mass is 10.1. The molecule has 0 aromatic heterocycles. The lowest BCUT2D eigenvalue weighted by Crippen LogP contribution is -2.46. The number of ether oxygens (including phenoxy) is 2. The molecule has 2 aliphatic rings. The van der Waals surface area contributed by atoms with Gasteiger partial charge in [-0.3, -0.25) is 14.5 Å². The van der Waals surface area contributed by atoms with E-state index in [0.717, 1.165) is 38.3 Å². The number of nitrogens with zero attached hydrogens (tertiary/aromatic N) is 2. The largest absolute Gasteiger partial charge is 0.496 e. The Morgan fingerprint density at radius 1 is 1.19 bits per heavy atom. The second kappa shape index (κ2) is 9.84. The van der Waals surface area contributed by atoms with Gasteiger partial charge in [0.2, 0.25) is 0 Å². The third-order valence-corrected chi connectivity index (χ3v) is 5.67. The van der Waals surface area contributed by atoms with E-state index >= 15 is 0 Å². The van der Waals surface area contributed by atoms with Crippen LogP contribution in [0, 0.1) is 0 Å². The van der Waals surface area contributed by atoms with Crippen molar-refractivity contribution >= 4 is 23.6 Å². The molecule has 0 saturated carbocycles. The predicted molar refractivity (Wildman–Crippen MR) is 123 cm³/mol. The number of piperazine rings is 1. The van der Waals surface area contributed by atoms with Gasteiger partial charge in [0, 0.05) is 50.4 Å². The first-order chi connectivity index (χ1) is 15.5. The highest BCUT2D eigenvalue weighted by Crippen LogP contribution is 2.33. The van der Waals surface area contributed by atoms with Crippen LogP contribution in [0.5, 0.6) is 11.5 Å². The smallest absolute Gasteiger partial charge is 0.291 e. The van der Waals surface area contributed by atoms with E-state index in [1.54, 1.807) is 31.4 Å². The van der Waals surface area contributed by atoms with E-state index in [1.165, 1.54) is 0 Å². The maximum absolute atomic E-state index is 12.6. The molecule has 8 nitrogen and oxygen atoms in total. The third-order valence-electron chi connectivity index (χ3n) is 5.67. The molecule has 4 rings (SSSR count). The molecule has 2 N–H and O–H groups in total. The molecule has 0 atom stereocenters. The number of hydrogen-bond donors (Lipinski definition) is 2. The SMILES string of the molecule is COc1ccccc1/C=C1/Oc2ccc(C(=O)NCCN3CCN(C)CC3)cc2NC1=O. The fourth-order valence-corrected chi connectivity index (χ4v) is 3.73. The molecule has 1 fully saturated rings. The van der Waals surface area contributed by atoms with Gasteiger partial charge in [0.25, 0.3) is 11.8 Å². The first kappa shape index (κ1) is 21.9. The molecule has 2 aliphatic heterocycles. The van der Waals surface area contributed by atoms with Gasteiger partial charge in [-0.15, -0.1) is 0 Å². The molecule has 32 heavy (non-hydrogen) atoms. The van der Waals surface area contributed by atoms with Gasteiger partial charge < -0.3 is 25.0 Å². The lowest BCUT2D eigenvalue weighted by molar-refractivity contribution is -0.115. The fourth-order valence-electron chi connectivity index (χ4n) is 3.73. The Kier molecular flexibility index (Phi) is 6.72. The maximum Gasteiger partial charge on any atom is 0.291 e. The first-order valence-electron chi connectivity index (χ1n) is 10.7. The second-order valence-corrected chi connectivity index (χ2v) is 7.92. The van der Waals surface area contributed by atoms with E-state index in [0.29, 0.717) is 29.3 Å². The van der Waals surface area contributed by atoms with Crippen molar-refractivity contribution in [2.24, 2.45) is 0 Å². The molecule has 1 saturated heterocycles. The number of hydrogen-bond acceptors (Lipinski definition) is 6. The van der Waals surface area contributed by atoms with Crippen molar-refractivity contribution in [2.45, 2.75) is 0 Å². The van der Waals surface area contributed by atoms with Crippen LogP contribution in [0.4, 0.5) is 5.69 Å². The van der Waals surface area contributed by atoms with Gasteiger partial charge in [0.1, 0.15) is 5.75 Å². The molecule has 0 aliphatic carbocycles. The van der Waals surface area contributed by atoms with Crippen molar-refractivity contribution in [3.8, 4) is 11.5 Å². The summed E-state index contributed by atoms with van der Waals surface area (Å²) >= 11 is 0. The number of amides is 2. The zero-order chi connectivity index (χ0) is 22.5. The minimum atomic E-state index is -0.379. The van der Waals surface area contributed by atoms with Crippen molar-refractivity contribution in [3.05, 3.63) is 59.4 Å². The van der Waals surface area contributed by atoms with Crippen molar-refractivity contribution in [3.63, 3.8) is 0 Å². The normalized spacial score (nSPS) is 17.9. The van der Waals surface area contributed by atoms with Crippen molar-refractivity contribution < 1.29 is 19.1 Å². The third kappa shape index (κ3) is 5.09. The topological polar surface area (TPSA) is 83.1 Å². The summed E-state index contributed by atoms with van der Waals surface area (Å²) in [4.78, 5) is 29.8. The number of fused-ring (bicyclic) bond motifs is 1. The Labute approximate surface area is 187 Å². The van der Waals surface area contributed by atoms with Crippen molar-refractivity contribution in [1.29, 1.82) is 0 Å². The molecule has 2 heterocycles. The van der Waals surface area contributed by atoms with Crippen LogP contribution in [-0.4, -0.2) is 75.0 Å². The highest BCUT2D eigenvalue weighted by molar-refractivity contribution is 6.09. The number of para-hydroxylation sites is 1. The maximum atomic E-state index is 12.6. The molecule has 0 radical (unpaired) electrons. The number of carbonyl (C=O) groups excluding carboxylic acids is 2. The van der Waals surface area contributed by atoms with Crippen LogP contribution in [0.3, 0.4) is 0 Å². The Bertz CT molecular complexity index is 1030. The van der Waals surface area contributed by atoms with Gasteiger partial charge in [-0.2, -0.15) is 0 Å². The molecule has 2 aromatic rings. The molecule has 2 aromatic carbocycles. The Hall–Kier alpha value is -3.36. The van der Waals surface area contributed by atoms with Crippen LogP contribution < -0.4 is 20.1 Å². The Morgan fingerprint density at radius 3 is 2.75 bits per heavy atom. The number of benzene rings is 2. The predicted octanol–water partition coefficient (Wildman–Crippen LogP) is 2.04. The van der Waals surface area contributed by atoms with E-state index in [2.05, 4.69) is 27.5 Å². The van der Waals surface area contributed by atoms with Crippen LogP contribution in [0.2, 0.25) is 0 Å². The van der Waals surface area contributed by atoms with Gasteiger partial charge in [0.05, 0.1) is 12.8 Å². The van der Waals surface area contributed by atoms with Crippen LogP contribution >= 0.6 is 0 Å². The molecule has 8 heteroatoms. The van der Waals surface area contributed by atoms with E-state index in [9.17, 15) is 9.59 Å². The van der Waals surface area contributed by atoms with Crippen molar-refractivity contribution in [1.82, 2.24) is 15.1 Å². The summed E-state index contributed by atoms with van der Waals surface area (Å²) in [5.41, 5.74) is 1.68. The summed E-state index contributed by atoms with van der Waals surface area (Å²) < 4.78 is 11.1. The van der Waals surface area contributed by atoms with E-state index in [-0.39, 0.29) is 17.6 Å². The average molecular weight is 437 g/mol. The van der Waals surface area contributed by atoms with Crippen LogP contribution in [-0.2, 0) is 4.79 Å². The molecule has 0 bridgehead atoms. The molecular weight excluding hydrogens is 408 g/mol. The minimum absolute atomic E-state index is 0.159. The second-order valence-electron chi connectivity index (χ2n) is 7.92. The molecular formula is C24H28N4O4. The van der Waals surface area contributed by atoms with Gasteiger partial charge in [-0.05, 0) is 37.4 Å². The van der Waals surface area contributed by atoms with Gasteiger partial charge >= 0.3 is 0 Å². The van der Waals surface area contributed by atoms with Gasteiger partial charge in [-0.25, -0.2) is 0 Å². The summed E-state index contributed by atoms with van der Waals surface area (Å²) in [6, 6.07) is 12.4. The summed E-state index contributed by atoms with van der Waals surface area (Å²) in [5, 5.41) is 5.77. The van der Waals surface area contributed by atoms with E-state index in [1.807, 2.05) is 24.3 Å². The summed E-state index contributed by atoms with van der Waals surface area (Å²) in [7, 11) is 3.70. The first-order valence-corrected chi connectivity index (χ1v) is 10.7. The highest BCUT2D eigenvalue weighted by Gasteiger charge is 2.24. The minimum Gasteiger partial charge on any atom is -0.496 e. The Morgan fingerprint density at radius 2 is 1.97 bits per heavy atom. The summed E-state index contributed by atoms with van der Waals surface area (Å²) in [5.74, 6) is 0.736. The number of rotatable bonds is 6. The average Bonchev–Trinajstić information content (AvgIpc) is 2.81. The zero-order valence-electron chi connectivity index (χ0n) is 18.4. The van der Waals surface area contributed by atoms with E-state index < -0.39 is 0 Å². The van der Waals surface area contributed by atoms with Gasteiger partial charge in [-0.1, -0.05) is 18.2 Å². The number of anilines is 1. The number of likely N-dealkylation sites (N-methyl/N-ethyl adjacent to an activating group) is 1. The lowest BCUT2D eigenvalue weighted by Gasteiger charge is -2.32. The van der Waals surface area contributed by atoms with Crippen LogP contribution in [0.15, 0.2) is 48.2 Å². The monoisotopic (exact) mass is 436 g/mol. The Balaban J connectivity index is 1.39. The molecule has 2 amide bonds. The van der Waals surface area contributed by atoms with Gasteiger partial charge in [0.15, 0.2) is 11.5 Å². The van der Waals surface area contributed by atoms with Crippen LogP contribution in [0.25, 0.3) is 6.08 Å². The molecule has 0 spiro atoms. The summed E-state index contributed by atoms with van der Waals surface area (Å²) in [6.45, 7) is 5.52. The standard InChI is InChI=1S/C24H28N4O4/c1-27-11-13-28(14-12-27)10-9-25-23(29)18-7-8-21-19(15-18)26-24(30)22(32-21)16-17-5-3-4-6-20(17)31-2/h3-8,15-16H,9-14H2,1-2H3,(H,25,29)(H,26,30)/b22-16+. The summed E-state index contributed by atoms with van der Waals surface area (Å²) in [6.07, 6.45) is 1.64. The van der Waals surface area contributed by atoms with Crippen LogP contribution in [0.1, 0.15) is 15.9 Å². The fraction of sp³-hybridized carbons (Fsp3) is 0.333. The quantitative estimate of drug-likeness (QED) is 0.675. The number of carbonyl (C=O) groups is 2. The molecule has 0 unspecified atom stereocenters. The highest BCUT2D eigenvalue weighted by atomic mass is 16.5. The zero-order valence-corrected chi connectivity index (χ0v) is 18.4. The van der Waals surface area contributed by atoms with Crippen molar-refractivity contribution in [2.75, 3.05) is 58.7 Å². The van der Waals surface area contributed by atoms with E-state index in [4.69, 9.17) is 9.47 Å². The molecule has 168 valence electrons.